The fraction of sp³-hybridized carbons (Fsp3) is 0.323. The number of aromatic amines is 1. The highest BCUT2D eigenvalue weighted by Crippen LogP contribution is 2.32. The minimum atomic E-state index is -0.675. The molecule has 0 radical (unpaired) electrons. The third kappa shape index (κ3) is 6.40. The van der Waals surface area contributed by atoms with Crippen LogP contribution in [-0.2, 0) is 16.0 Å². The van der Waals surface area contributed by atoms with Gasteiger partial charge in [-0.25, -0.2) is 9.59 Å². The number of hydrogen-bond acceptors (Lipinski definition) is 5. The average molecular weight is 514 g/mol. The van der Waals surface area contributed by atoms with Crippen LogP contribution in [0.15, 0.2) is 54.7 Å². The van der Waals surface area contributed by atoms with Crippen molar-refractivity contribution in [3.63, 3.8) is 0 Å². The number of esters is 1. The Morgan fingerprint density at radius 1 is 0.921 bits per heavy atom. The molecule has 2 aromatic heterocycles. The molecule has 0 aliphatic rings. The number of hydrogen-bond donors (Lipinski definition) is 1. The Labute approximate surface area is 223 Å². The molecule has 0 fully saturated rings. The predicted molar refractivity (Wildman–Crippen MR) is 152 cm³/mol. The van der Waals surface area contributed by atoms with Crippen molar-refractivity contribution >= 4 is 45.9 Å². The van der Waals surface area contributed by atoms with Gasteiger partial charge < -0.3 is 19.4 Å². The molecule has 7 nitrogen and oxygen atoms in total. The molecule has 1 amide bonds. The van der Waals surface area contributed by atoms with Crippen molar-refractivity contribution in [2.75, 3.05) is 7.05 Å². The van der Waals surface area contributed by atoms with Crippen molar-refractivity contribution in [1.29, 1.82) is 0 Å². The zero-order valence-electron chi connectivity index (χ0n) is 23.1. The van der Waals surface area contributed by atoms with Crippen LogP contribution in [-0.4, -0.2) is 45.2 Å². The highest BCUT2D eigenvalue weighted by molar-refractivity contribution is 6.14. The zero-order valence-corrected chi connectivity index (χ0v) is 23.1. The third-order valence-electron chi connectivity index (χ3n) is 5.72. The maximum Gasteiger partial charge on any atom is 0.410 e. The quantitative estimate of drug-likeness (QED) is 0.285. The summed E-state index contributed by atoms with van der Waals surface area (Å²) >= 11 is 0. The number of benzene rings is 2. The maximum absolute atomic E-state index is 13.4. The van der Waals surface area contributed by atoms with Crippen molar-refractivity contribution < 1.29 is 19.1 Å². The molecule has 38 heavy (non-hydrogen) atoms. The highest BCUT2D eigenvalue weighted by Gasteiger charge is 2.27. The molecule has 4 rings (SSSR count). The molecule has 0 unspecified atom stereocenters. The largest absolute Gasteiger partial charge is 0.456 e. The van der Waals surface area contributed by atoms with Gasteiger partial charge in [0.15, 0.2) is 0 Å². The Balaban J connectivity index is 1.80. The van der Waals surface area contributed by atoms with Crippen LogP contribution in [0.4, 0.5) is 4.79 Å². The lowest BCUT2D eigenvalue weighted by atomic mass is 10.0. The molecular formula is C31H35N3O4. The SMILES string of the molecule is CN(Cc1[nH]c2c(ccc3cnc(/C=C/c4ccccc4)cc32)c1C(=O)OC(C)(C)C)C(=O)OC(C)(C)C. The number of fused-ring (bicyclic) bond motifs is 3. The summed E-state index contributed by atoms with van der Waals surface area (Å²) < 4.78 is 11.3. The minimum Gasteiger partial charge on any atom is -0.456 e. The fourth-order valence-corrected chi connectivity index (χ4v) is 4.11. The smallest absolute Gasteiger partial charge is 0.410 e. The van der Waals surface area contributed by atoms with Gasteiger partial charge in [0.2, 0.25) is 0 Å². The lowest BCUT2D eigenvalue weighted by molar-refractivity contribution is 0.00659. The Kier molecular flexibility index (Phi) is 7.31. The lowest BCUT2D eigenvalue weighted by Crippen LogP contribution is -2.34. The van der Waals surface area contributed by atoms with Gasteiger partial charge in [-0.2, -0.15) is 0 Å². The van der Waals surface area contributed by atoms with Gasteiger partial charge in [0.05, 0.1) is 29.0 Å². The standard InChI is InChI=1S/C31H35N3O4/c1-30(2,3)37-28(35)26-23-16-14-21-18-32-22(15-13-20-11-9-8-10-12-20)17-24(21)27(23)33-25(26)19-34(7)29(36)38-31(4,5)6/h8-18,33H,19H2,1-7H3/b15-13+. The topological polar surface area (TPSA) is 84.5 Å². The second kappa shape index (κ2) is 10.3. The van der Waals surface area contributed by atoms with Crippen LogP contribution in [0.2, 0.25) is 0 Å². The van der Waals surface area contributed by atoms with Crippen molar-refractivity contribution in [2.24, 2.45) is 0 Å². The number of H-pyrrole nitrogens is 1. The van der Waals surface area contributed by atoms with Gasteiger partial charge in [-0.05, 0) is 59.2 Å². The van der Waals surface area contributed by atoms with Crippen molar-refractivity contribution in [3.8, 4) is 0 Å². The molecule has 0 aliphatic heterocycles. The van der Waals surface area contributed by atoms with Crippen molar-refractivity contribution in [3.05, 3.63) is 77.2 Å². The Morgan fingerprint density at radius 3 is 2.26 bits per heavy atom. The molecule has 2 aromatic carbocycles. The van der Waals surface area contributed by atoms with E-state index in [0.717, 1.165) is 32.9 Å². The first kappa shape index (κ1) is 26.9. The molecule has 0 spiro atoms. The summed E-state index contributed by atoms with van der Waals surface area (Å²) in [7, 11) is 1.65. The first-order valence-electron chi connectivity index (χ1n) is 12.6. The summed E-state index contributed by atoms with van der Waals surface area (Å²) in [5.74, 6) is -0.450. The van der Waals surface area contributed by atoms with Crippen molar-refractivity contribution in [2.45, 2.75) is 59.3 Å². The van der Waals surface area contributed by atoms with Crippen LogP contribution >= 0.6 is 0 Å². The summed E-state index contributed by atoms with van der Waals surface area (Å²) in [4.78, 5) is 35.5. The number of nitrogens with zero attached hydrogens (tertiary/aromatic N) is 2. The number of aromatic nitrogens is 2. The summed E-state index contributed by atoms with van der Waals surface area (Å²) in [6, 6.07) is 15.8. The number of nitrogens with one attached hydrogen (secondary N) is 1. The number of amides is 1. The molecular weight excluding hydrogens is 478 g/mol. The molecule has 7 heteroatoms. The van der Waals surface area contributed by atoms with E-state index >= 15 is 0 Å². The van der Waals surface area contributed by atoms with Gasteiger partial charge in [0.1, 0.15) is 11.2 Å². The minimum absolute atomic E-state index is 0.144. The molecule has 2 heterocycles. The normalized spacial score (nSPS) is 12.3. The van der Waals surface area contributed by atoms with Gasteiger partial charge in [0.25, 0.3) is 0 Å². The monoisotopic (exact) mass is 513 g/mol. The number of rotatable bonds is 5. The summed E-state index contributed by atoms with van der Waals surface area (Å²) in [5, 5.41) is 2.57. The first-order valence-corrected chi connectivity index (χ1v) is 12.6. The second-order valence-corrected chi connectivity index (χ2v) is 11.4. The summed E-state index contributed by atoms with van der Waals surface area (Å²) in [6.07, 6.45) is 5.31. The van der Waals surface area contributed by atoms with E-state index in [-0.39, 0.29) is 6.54 Å². The number of ether oxygens (including phenoxy) is 2. The molecule has 1 N–H and O–H groups in total. The van der Waals surface area contributed by atoms with E-state index < -0.39 is 23.3 Å². The molecule has 198 valence electrons. The van der Waals surface area contributed by atoms with E-state index in [9.17, 15) is 9.59 Å². The molecule has 0 saturated heterocycles. The van der Waals surface area contributed by atoms with E-state index in [2.05, 4.69) is 9.97 Å². The zero-order chi connectivity index (χ0) is 27.7. The van der Waals surface area contributed by atoms with Gasteiger partial charge in [-0.3, -0.25) is 4.98 Å². The fourth-order valence-electron chi connectivity index (χ4n) is 4.11. The molecule has 0 saturated carbocycles. The Bertz CT molecular complexity index is 1510. The molecule has 0 bridgehead atoms. The maximum atomic E-state index is 13.4. The molecule has 4 aromatic rings. The van der Waals surface area contributed by atoms with E-state index in [1.165, 1.54) is 4.90 Å². The predicted octanol–water partition coefficient (Wildman–Crippen LogP) is 7.21. The number of pyridine rings is 1. The average Bonchev–Trinajstić information content (AvgIpc) is 3.19. The Morgan fingerprint density at radius 2 is 1.61 bits per heavy atom. The molecule has 0 aliphatic carbocycles. The van der Waals surface area contributed by atoms with Crippen LogP contribution in [0.1, 0.15) is 68.9 Å². The van der Waals surface area contributed by atoms with E-state index in [4.69, 9.17) is 9.47 Å². The van der Waals surface area contributed by atoms with Crippen molar-refractivity contribution in [1.82, 2.24) is 14.9 Å². The van der Waals surface area contributed by atoms with Crippen LogP contribution in [0.5, 0.6) is 0 Å². The lowest BCUT2D eigenvalue weighted by Gasteiger charge is -2.25. The highest BCUT2D eigenvalue weighted by atomic mass is 16.6. The Hall–Kier alpha value is -4.13. The van der Waals surface area contributed by atoms with Gasteiger partial charge in [-0.15, -0.1) is 0 Å². The van der Waals surface area contributed by atoms with Crippen LogP contribution in [0.3, 0.4) is 0 Å². The van der Waals surface area contributed by atoms with Gasteiger partial charge >= 0.3 is 12.1 Å². The van der Waals surface area contributed by atoms with Gasteiger partial charge in [-0.1, -0.05) is 48.5 Å². The van der Waals surface area contributed by atoms with E-state index in [1.807, 2.05) is 108 Å². The molecule has 0 atom stereocenters. The number of carbonyl (C=O) groups excluding carboxylic acids is 2. The van der Waals surface area contributed by atoms with Crippen LogP contribution in [0, 0.1) is 0 Å². The van der Waals surface area contributed by atoms with Crippen LogP contribution < -0.4 is 0 Å². The van der Waals surface area contributed by atoms with E-state index in [1.54, 1.807) is 7.05 Å². The summed E-state index contributed by atoms with van der Waals surface area (Å²) in [5.41, 5.74) is 2.32. The first-order chi connectivity index (χ1) is 17.8. The van der Waals surface area contributed by atoms with Crippen LogP contribution in [0.25, 0.3) is 33.8 Å². The number of carbonyl (C=O) groups is 2. The van der Waals surface area contributed by atoms with Gasteiger partial charge in [0, 0.05) is 29.4 Å². The van der Waals surface area contributed by atoms with E-state index in [0.29, 0.717) is 11.3 Å². The third-order valence-corrected chi connectivity index (χ3v) is 5.72. The summed E-state index contributed by atoms with van der Waals surface area (Å²) in [6.45, 7) is 11.1. The second-order valence-electron chi connectivity index (χ2n) is 11.4.